The van der Waals surface area contributed by atoms with Gasteiger partial charge in [0.2, 0.25) is 0 Å². The molecular formula is C53H100NO7P. The molecule has 0 spiro atoms. The largest absolute Gasteiger partial charge is 0.756 e. The predicted octanol–water partition coefficient (Wildman–Crippen LogP) is 15.3. The lowest BCUT2D eigenvalue weighted by atomic mass is 10.0. The van der Waals surface area contributed by atoms with E-state index in [4.69, 9.17) is 18.5 Å². The van der Waals surface area contributed by atoms with Crippen LogP contribution in [0.25, 0.3) is 0 Å². The third-order valence-corrected chi connectivity index (χ3v) is 12.1. The number of esters is 1. The van der Waals surface area contributed by atoms with Gasteiger partial charge in [-0.1, -0.05) is 191 Å². The van der Waals surface area contributed by atoms with Crippen LogP contribution in [-0.4, -0.2) is 70.7 Å². The average Bonchev–Trinajstić information content (AvgIpc) is 3.23. The highest BCUT2D eigenvalue weighted by Gasteiger charge is 2.20. The van der Waals surface area contributed by atoms with Crippen LogP contribution < -0.4 is 4.89 Å². The third-order valence-electron chi connectivity index (χ3n) is 11.1. The molecule has 0 saturated carbocycles. The van der Waals surface area contributed by atoms with E-state index in [1.807, 2.05) is 21.1 Å². The molecule has 62 heavy (non-hydrogen) atoms. The molecule has 0 aliphatic rings. The number of phosphoric ester groups is 1. The lowest BCUT2D eigenvalue weighted by Crippen LogP contribution is -2.37. The normalized spacial score (nSPS) is 14.0. The summed E-state index contributed by atoms with van der Waals surface area (Å²) in [5.74, 6) is -0.347. The van der Waals surface area contributed by atoms with Gasteiger partial charge in [0, 0.05) is 13.0 Å². The summed E-state index contributed by atoms with van der Waals surface area (Å²) in [7, 11) is 1.35. The highest BCUT2D eigenvalue weighted by molar-refractivity contribution is 7.45. The van der Waals surface area contributed by atoms with Crippen LogP contribution in [0.15, 0.2) is 48.6 Å². The first-order chi connectivity index (χ1) is 30.1. The minimum Gasteiger partial charge on any atom is -0.756 e. The van der Waals surface area contributed by atoms with Gasteiger partial charge in [-0.3, -0.25) is 9.36 Å². The number of unbranched alkanes of at least 4 members (excludes halogenated alkanes) is 26. The molecule has 0 N–H and O–H groups in total. The highest BCUT2D eigenvalue weighted by Crippen LogP contribution is 2.38. The van der Waals surface area contributed by atoms with E-state index in [-0.39, 0.29) is 25.8 Å². The summed E-state index contributed by atoms with van der Waals surface area (Å²) in [6.07, 6.45) is 57.1. The summed E-state index contributed by atoms with van der Waals surface area (Å²) in [5.41, 5.74) is 0. The Labute approximate surface area is 384 Å². The molecule has 364 valence electrons. The van der Waals surface area contributed by atoms with Crippen molar-refractivity contribution in [2.45, 2.75) is 232 Å². The fraction of sp³-hybridized carbons (Fsp3) is 0.830. The summed E-state index contributed by atoms with van der Waals surface area (Å²) >= 11 is 0. The molecule has 2 unspecified atom stereocenters. The lowest BCUT2D eigenvalue weighted by molar-refractivity contribution is -0.870. The number of ether oxygens (including phenoxy) is 2. The Morgan fingerprint density at radius 2 is 0.887 bits per heavy atom. The van der Waals surface area contributed by atoms with Crippen molar-refractivity contribution in [1.29, 1.82) is 0 Å². The van der Waals surface area contributed by atoms with Crippen molar-refractivity contribution in [3.63, 3.8) is 0 Å². The molecule has 8 nitrogen and oxygen atoms in total. The van der Waals surface area contributed by atoms with Gasteiger partial charge in [0.05, 0.1) is 34.4 Å². The monoisotopic (exact) mass is 894 g/mol. The zero-order valence-corrected chi connectivity index (χ0v) is 42.2. The average molecular weight is 894 g/mol. The maximum atomic E-state index is 12.7. The zero-order chi connectivity index (χ0) is 45.5. The fourth-order valence-corrected chi connectivity index (χ4v) is 7.81. The van der Waals surface area contributed by atoms with Crippen molar-refractivity contribution < 1.29 is 37.3 Å². The van der Waals surface area contributed by atoms with Crippen molar-refractivity contribution in [2.75, 3.05) is 54.1 Å². The number of hydrogen-bond donors (Lipinski definition) is 0. The van der Waals surface area contributed by atoms with Gasteiger partial charge in [0.1, 0.15) is 19.3 Å². The molecule has 9 heteroatoms. The molecule has 0 radical (unpaired) electrons. The van der Waals surface area contributed by atoms with Gasteiger partial charge in [0.15, 0.2) is 0 Å². The smallest absolute Gasteiger partial charge is 0.306 e. The lowest BCUT2D eigenvalue weighted by Gasteiger charge is -2.28. The van der Waals surface area contributed by atoms with E-state index in [9.17, 15) is 14.3 Å². The summed E-state index contributed by atoms with van der Waals surface area (Å²) < 4.78 is 34.7. The van der Waals surface area contributed by atoms with Crippen LogP contribution in [0.1, 0.15) is 226 Å². The van der Waals surface area contributed by atoms with Gasteiger partial charge >= 0.3 is 5.97 Å². The number of allylic oxidation sites excluding steroid dienone is 8. The second-order valence-corrected chi connectivity index (χ2v) is 19.9. The molecular weight excluding hydrogens is 794 g/mol. The summed E-state index contributed by atoms with van der Waals surface area (Å²) in [4.78, 5) is 25.1. The maximum absolute atomic E-state index is 12.7. The van der Waals surface area contributed by atoms with E-state index in [0.29, 0.717) is 24.1 Å². The van der Waals surface area contributed by atoms with Crippen molar-refractivity contribution in [3.05, 3.63) is 48.6 Å². The number of phosphoric acid groups is 1. The Kier molecular flexibility index (Phi) is 44.9. The third kappa shape index (κ3) is 49.5. The van der Waals surface area contributed by atoms with E-state index in [1.54, 1.807) is 0 Å². The summed E-state index contributed by atoms with van der Waals surface area (Å²) in [6, 6.07) is 0. The highest BCUT2D eigenvalue weighted by atomic mass is 31.2. The summed E-state index contributed by atoms with van der Waals surface area (Å²) in [5, 5.41) is 0. The van der Waals surface area contributed by atoms with E-state index in [0.717, 1.165) is 64.2 Å². The van der Waals surface area contributed by atoms with Gasteiger partial charge in [-0.15, -0.1) is 0 Å². The topological polar surface area (TPSA) is 94.1 Å². The standard InChI is InChI=1S/C53H100NO7P/c1-6-8-10-12-14-16-18-20-22-24-25-26-27-28-29-30-31-33-35-37-39-41-43-45-48-58-50-52(51-60-62(56,57)59-49-47-54(3,4)5)61-53(55)46-44-42-40-38-36-34-32-23-21-19-17-15-13-11-9-7-2/h17-20,23-25,32,52H,6-16,21-22,26-31,33-51H2,1-5H3/b19-17-,20-18-,25-24-,32-23-. The number of rotatable bonds is 48. The van der Waals surface area contributed by atoms with Crippen molar-refractivity contribution in [1.82, 2.24) is 0 Å². The Morgan fingerprint density at radius 3 is 1.32 bits per heavy atom. The fourth-order valence-electron chi connectivity index (χ4n) is 7.08. The molecule has 0 aliphatic carbocycles. The maximum Gasteiger partial charge on any atom is 0.306 e. The molecule has 0 saturated heterocycles. The van der Waals surface area contributed by atoms with Crippen molar-refractivity contribution in [2.24, 2.45) is 0 Å². The SMILES string of the molecule is CCCCCC/C=C\C/C=C\CCCCCCCC(=O)OC(COCCCCCCCCCCCCCC/C=C\C/C=C\CCCCCCC)COP(=O)([O-])OCC[N+](C)(C)C. The number of carbonyl (C=O) groups excluding carboxylic acids is 1. The number of carbonyl (C=O) groups is 1. The Morgan fingerprint density at radius 1 is 0.500 bits per heavy atom. The molecule has 0 aromatic rings. The molecule has 0 rings (SSSR count). The van der Waals surface area contributed by atoms with Crippen LogP contribution in [0.5, 0.6) is 0 Å². The molecule has 0 aliphatic heterocycles. The van der Waals surface area contributed by atoms with Crippen LogP contribution in [0.4, 0.5) is 0 Å². The second kappa shape index (κ2) is 46.0. The van der Waals surface area contributed by atoms with Crippen LogP contribution >= 0.6 is 7.82 Å². The summed E-state index contributed by atoms with van der Waals surface area (Å²) in [6.45, 7) is 5.38. The minimum absolute atomic E-state index is 0.0222. The molecule has 0 aromatic heterocycles. The van der Waals surface area contributed by atoms with E-state index in [1.165, 1.54) is 141 Å². The van der Waals surface area contributed by atoms with Gasteiger partial charge in [-0.2, -0.15) is 0 Å². The molecule has 0 fully saturated rings. The van der Waals surface area contributed by atoms with E-state index >= 15 is 0 Å². The Balaban J connectivity index is 4.12. The zero-order valence-electron chi connectivity index (χ0n) is 41.3. The molecule has 0 amide bonds. The quantitative estimate of drug-likeness (QED) is 0.0197. The van der Waals surface area contributed by atoms with Gasteiger partial charge in [-0.05, 0) is 77.0 Å². The predicted molar refractivity (Wildman–Crippen MR) is 263 cm³/mol. The molecule has 0 heterocycles. The van der Waals surface area contributed by atoms with Crippen LogP contribution in [0, 0.1) is 0 Å². The molecule has 0 aromatic carbocycles. The van der Waals surface area contributed by atoms with Crippen LogP contribution in [0.3, 0.4) is 0 Å². The first-order valence-electron chi connectivity index (χ1n) is 25.9. The van der Waals surface area contributed by atoms with Crippen LogP contribution in [0.2, 0.25) is 0 Å². The Hall–Kier alpha value is -1.54. The van der Waals surface area contributed by atoms with E-state index in [2.05, 4.69) is 62.5 Å². The number of likely N-dealkylation sites (N-methyl/N-ethyl adjacent to an activating group) is 1. The first kappa shape index (κ1) is 60.5. The number of nitrogens with zero attached hydrogens (tertiary/aromatic N) is 1. The van der Waals surface area contributed by atoms with Crippen molar-refractivity contribution >= 4 is 13.8 Å². The number of hydrogen-bond acceptors (Lipinski definition) is 7. The number of quaternary nitrogens is 1. The van der Waals surface area contributed by atoms with Crippen LogP contribution in [-0.2, 0) is 27.9 Å². The van der Waals surface area contributed by atoms with Crippen molar-refractivity contribution in [3.8, 4) is 0 Å². The van der Waals surface area contributed by atoms with E-state index < -0.39 is 13.9 Å². The molecule has 0 bridgehead atoms. The second-order valence-electron chi connectivity index (χ2n) is 18.5. The Bertz CT molecular complexity index is 1130. The molecule has 2 atom stereocenters. The van der Waals surface area contributed by atoms with Gasteiger partial charge < -0.3 is 27.9 Å². The van der Waals surface area contributed by atoms with Gasteiger partial charge in [-0.25, -0.2) is 0 Å². The first-order valence-corrected chi connectivity index (χ1v) is 27.3. The minimum atomic E-state index is -4.53. The van der Waals surface area contributed by atoms with Gasteiger partial charge in [0.25, 0.3) is 7.82 Å².